The van der Waals surface area contributed by atoms with Crippen molar-refractivity contribution in [3.8, 4) is 11.5 Å². The lowest BCUT2D eigenvalue weighted by Gasteiger charge is -2.21. The summed E-state index contributed by atoms with van der Waals surface area (Å²) >= 11 is 0. The number of hydrogen-bond donors (Lipinski definition) is 2. The number of amides is 1. The molecular weight excluding hydrogens is 378 g/mol. The quantitative estimate of drug-likeness (QED) is 0.667. The van der Waals surface area contributed by atoms with E-state index in [2.05, 4.69) is 5.32 Å². The van der Waals surface area contributed by atoms with Crippen LogP contribution < -0.4 is 15.8 Å². The highest BCUT2D eigenvalue weighted by Gasteiger charge is 2.24. The summed E-state index contributed by atoms with van der Waals surface area (Å²) in [6, 6.07) is 11.3. The molecule has 0 fully saturated rings. The molecule has 0 unspecified atom stereocenters. The Kier molecular flexibility index (Phi) is 7.04. The molecule has 152 valence electrons. The van der Waals surface area contributed by atoms with Gasteiger partial charge in [0, 0.05) is 13.1 Å². The van der Waals surface area contributed by atoms with Crippen LogP contribution in [0.2, 0.25) is 0 Å². The molecule has 7 nitrogen and oxygen atoms in total. The van der Waals surface area contributed by atoms with Crippen LogP contribution >= 0.6 is 0 Å². The fourth-order valence-electron chi connectivity index (χ4n) is 2.62. The summed E-state index contributed by atoms with van der Waals surface area (Å²) in [7, 11) is -3.65. The zero-order valence-corrected chi connectivity index (χ0v) is 17.4. The number of carbonyl (C=O) groups excluding carboxylic acids is 1. The van der Waals surface area contributed by atoms with Crippen LogP contribution in [0, 0.1) is 6.92 Å². The van der Waals surface area contributed by atoms with Gasteiger partial charge in [0.25, 0.3) is 0 Å². The Balaban J connectivity index is 2.47. The number of rotatable bonds is 9. The number of aryl methyl sites for hydroxylation is 1. The van der Waals surface area contributed by atoms with E-state index in [1.54, 1.807) is 26.8 Å². The maximum atomic E-state index is 12.8. The fraction of sp³-hybridized carbons (Fsp3) is 0.350. The number of ether oxygens (including phenoxy) is 1. The van der Waals surface area contributed by atoms with Crippen LogP contribution in [0.4, 0.5) is 5.69 Å². The van der Waals surface area contributed by atoms with E-state index in [-0.39, 0.29) is 4.90 Å². The van der Waals surface area contributed by atoms with Crippen molar-refractivity contribution in [2.45, 2.75) is 38.6 Å². The van der Waals surface area contributed by atoms with Gasteiger partial charge in [-0.15, -0.1) is 0 Å². The number of nitrogens with two attached hydrogens (primary N) is 1. The first-order valence-electron chi connectivity index (χ1n) is 9.13. The average Bonchev–Trinajstić information content (AvgIpc) is 2.65. The Labute approximate surface area is 166 Å². The number of benzene rings is 2. The van der Waals surface area contributed by atoms with Crippen LogP contribution in [0.3, 0.4) is 0 Å². The first kappa shape index (κ1) is 21.7. The molecule has 0 saturated carbocycles. The van der Waals surface area contributed by atoms with Gasteiger partial charge in [-0.3, -0.25) is 4.79 Å². The molecule has 2 aromatic rings. The van der Waals surface area contributed by atoms with Crippen LogP contribution in [-0.4, -0.2) is 37.8 Å². The number of primary amides is 1. The molecule has 0 aliphatic rings. The molecule has 0 spiro atoms. The van der Waals surface area contributed by atoms with Crippen LogP contribution in [0.5, 0.6) is 11.5 Å². The Morgan fingerprint density at radius 3 is 2.29 bits per heavy atom. The van der Waals surface area contributed by atoms with Crippen molar-refractivity contribution in [3.05, 3.63) is 48.0 Å². The van der Waals surface area contributed by atoms with Gasteiger partial charge in [-0.05, 0) is 44.2 Å². The summed E-state index contributed by atoms with van der Waals surface area (Å²) < 4.78 is 32.9. The van der Waals surface area contributed by atoms with Gasteiger partial charge in [-0.1, -0.05) is 31.5 Å². The Bertz CT molecular complexity index is 923. The largest absolute Gasteiger partial charge is 0.455 e. The minimum Gasteiger partial charge on any atom is -0.455 e. The average molecular weight is 406 g/mol. The molecule has 1 atom stereocenters. The lowest BCUT2D eigenvalue weighted by Crippen LogP contribution is -2.33. The fourth-order valence-corrected chi connectivity index (χ4v) is 4.11. The maximum Gasteiger partial charge on any atom is 0.243 e. The van der Waals surface area contributed by atoms with E-state index < -0.39 is 22.0 Å². The molecule has 0 aliphatic heterocycles. The molecule has 0 radical (unpaired) electrons. The number of nitrogens with one attached hydrogen (secondary N) is 1. The molecule has 8 heteroatoms. The number of sulfonamides is 1. The predicted molar refractivity (Wildman–Crippen MR) is 110 cm³/mol. The minimum absolute atomic E-state index is 0.117. The molecule has 1 amide bonds. The molecule has 3 N–H and O–H groups in total. The van der Waals surface area contributed by atoms with E-state index in [1.807, 2.05) is 31.2 Å². The van der Waals surface area contributed by atoms with Gasteiger partial charge in [0.2, 0.25) is 15.9 Å². The molecule has 0 saturated heterocycles. The third kappa shape index (κ3) is 5.02. The Morgan fingerprint density at radius 1 is 1.14 bits per heavy atom. The third-order valence-electron chi connectivity index (χ3n) is 4.34. The maximum absolute atomic E-state index is 12.8. The monoisotopic (exact) mass is 405 g/mol. The highest BCUT2D eigenvalue weighted by molar-refractivity contribution is 7.89. The van der Waals surface area contributed by atoms with Gasteiger partial charge in [0.1, 0.15) is 11.8 Å². The zero-order valence-electron chi connectivity index (χ0n) is 16.6. The summed E-state index contributed by atoms with van der Waals surface area (Å²) in [4.78, 5) is 11.6. The van der Waals surface area contributed by atoms with E-state index in [4.69, 9.17) is 10.5 Å². The van der Waals surface area contributed by atoms with E-state index in [0.29, 0.717) is 30.3 Å². The molecule has 2 rings (SSSR count). The third-order valence-corrected chi connectivity index (χ3v) is 6.39. The van der Waals surface area contributed by atoms with Gasteiger partial charge in [0.05, 0.1) is 10.6 Å². The molecule has 28 heavy (non-hydrogen) atoms. The van der Waals surface area contributed by atoms with Crippen molar-refractivity contribution in [2.75, 3.05) is 18.4 Å². The van der Waals surface area contributed by atoms with Crippen molar-refractivity contribution in [1.82, 2.24) is 4.31 Å². The van der Waals surface area contributed by atoms with Gasteiger partial charge < -0.3 is 15.8 Å². The van der Waals surface area contributed by atoms with Gasteiger partial charge in [0.15, 0.2) is 5.75 Å². The minimum atomic E-state index is -3.65. The van der Waals surface area contributed by atoms with E-state index in [0.717, 1.165) is 5.56 Å². The SMILES string of the molecule is CCN(CC)S(=O)(=O)c1ccc(Oc2ccc(C)cc2)c(N[C@@H](C)C(N)=O)c1. The number of carbonyl (C=O) groups is 1. The summed E-state index contributed by atoms with van der Waals surface area (Å²) in [5.74, 6) is 0.438. The molecule has 0 heterocycles. The normalized spacial score (nSPS) is 12.6. The van der Waals surface area contributed by atoms with Crippen molar-refractivity contribution in [2.24, 2.45) is 5.73 Å². The summed E-state index contributed by atoms with van der Waals surface area (Å²) in [5, 5.41) is 2.95. The Hall–Kier alpha value is -2.58. The summed E-state index contributed by atoms with van der Waals surface area (Å²) in [6.07, 6.45) is 0. The lowest BCUT2D eigenvalue weighted by atomic mass is 10.2. The number of anilines is 1. The lowest BCUT2D eigenvalue weighted by molar-refractivity contribution is -0.118. The van der Waals surface area contributed by atoms with Crippen LogP contribution in [-0.2, 0) is 14.8 Å². The van der Waals surface area contributed by atoms with Crippen molar-refractivity contribution < 1.29 is 17.9 Å². The first-order chi connectivity index (χ1) is 13.2. The topological polar surface area (TPSA) is 102 Å². The highest BCUT2D eigenvalue weighted by atomic mass is 32.2. The number of nitrogens with zero attached hydrogens (tertiary/aromatic N) is 1. The zero-order chi connectivity index (χ0) is 20.9. The second-order valence-corrected chi connectivity index (χ2v) is 8.37. The van der Waals surface area contributed by atoms with Crippen molar-refractivity contribution in [1.29, 1.82) is 0 Å². The first-order valence-corrected chi connectivity index (χ1v) is 10.6. The Morgan fingerprint density at radius 2 is 1.75 bits per heavy atom. The standard InChI is InChI=1S/C20H27N3O4S/c1-5-23(6-2)28(25,26)17-11-12-19(18(13-17)22-15(4)20(21)24)27-16-9-7-14(3)8-10-16/h7-13,15,22H,5-6H2,1-4H3,(H2,21,24)/t15-/m0/s1. The molecule has 2 aromatic carbocycles. The smallest absolute Gasteiger partial charge is 0.243 e. The van der Waals surface area contributed by atoms with Crippen molar-refractivity contribution in [3.63, 3.8) is 0 Å². The summed E-state index contributed by atoms with van der Waals surface area (Å²) in [6.45, 7) is 7.86. The predicted octanol–water partition coefficient (Wildman–Crippen LogP) is 3.10. The van der Waals surface area contributed by atoms with E-state index in [1.165, 1.54) is 16.4 Å². The number of hydrogen-bond acceptors (Lipinski definition) is 5. The van der Waals surface area contributed by atoms with E-state index >= 15 is 0 Å². The van der Waals surface area contributed by atoms with Crippen LogP contribution in [0.1, 0.15) is 26.3 Å². The molecule has 0 bridgehead atoms. The molecular formula is C20H27N3O4S. The second kappa shape index (κ2) is 9.07. The van der Waals surface area contributed by atoms with E-state index in [9.17, 15) is 13.2 Å². The van der Waals surface area contributed by atoms with Gasteiger partial charge in [-0.2, -0.15) is 4.31 Å². The van der Waals surface area contributed by atoms with Crippen LogP contribution in [0.15, 0.2) is 47.4 Å². The van der Waals surface area contributed by atoms with Crippen LogP contribution in [0.25, 0.3) is 0 Å². The second-order valence-electron chi connectivity index (χ2n) is 6.43. The van der Waals surface area contributed by atoms with Gasteiger partial charge in [-0.25, -0.2) is 8.42 Å². The molecule has 0 aliphatic carbocycles. The highest BCUT2D eigenvalue weighted by Crippen LogP contribution is 2.33. The summed E-state index contributed by atoms with van der Waals surface area (Å²) in [5.41, 5.74) is 6.82. The van der Waals surface area contributed by atoms with Crippen molar-refractivity contribution >= 4 is 21.6 Å². The van der Waals surface area contributed by atoms with Gasteiger partial charge >= 0.3 is 0 Å². The molecule has 0 aromatic heterocycles.